The summed E-state index contributed by atoms with van der Waals surface area (Å²) in [7, 11) is 0. The molecule has 0 saturated heterocycles. The largest absolute Gasteiger partial charge is 0.238 e. The first-order valence-corrected chi connectivity index (χ1v) is 11.8. The van der Waals surface area contributed by atoms with Crippen LogP contribution < -0.4 is 0 Å². The molecule has 0 aliphatic heterocycles. The lowest BCUT2D eigenvalue weighted by molar-refractivity contribution is 0.465. The van der Waals surface area contributed by atoms with Crippen molar-refractivity contribution in [3.8, 4) is 11.7 Å². The smallest absolute Gasteiger partial charge is 0.149 e. The maximum atomic E-state index is 3.75. The molecule has 2 aliphatic carbocycles. The highest BCUT2D eigenvalue weighted by molar-refractivity contribution is 6.70. The average molecular weight is 352 g/mol. The molecule has 0 radical (unpaired) electrons. The van der Waals surface area contributed by atoms with Crippen molar-refractivity contribution < 1.29 is 0 Å². The van der Waals surface area contributed by atoms with Crippen LogP contribution in [0.1, 0.15) is 117 Å². The van der Waals surface area contributed by atoms with E-state index in [1.807, 2.05) is 0 Å². The van der Waals surface area contributed by atoms with Crippen molar-refractivity contribution in [3.63, 3.8) is 0 Å². The van der Waals surface area contributed by atoms with Crippen molar-refractivity contribution in [1.29, 1.82) is 0 Å². The Morgan fingerprint density at radius 2 is 1.31 bits per heavy atom. The standard InChI is InChI=1S/C25H41B/c1-3-5-15-23(16-6-4-2)17-13-14-22-26(24-18-9-7-10-19-24)25-20-11-8-12-21-25/h13,24-25H,3-12,15-16,18-21H2,1-2H3. The SMILES string of the molecule is CCCCC(=C=CC#CB(C1CCCCC1)C1CCCCC1)CCCC. The van der Waals surface area contributed by atoms with Gasteiger partial charge in [0.1, 0.15) is 0 Å². The third kappa shape index (κ3) is 7.80. The fourth-order valence-electron chi connectivity index (χ4n) is 4.93. The molecule has 0 bridgehead atoms. The Morgan fingerprint density at radius 1 is 0.808 bits per heavy atom. The van der Waals surface area contributed by atoms with Crippen molar-refractivity contribution in [3.05, 3.63) is 17.4 Å². The lowest BCUT2D eigenvalue weighted by Crippen LogP contribution is -2.29. The molecule has 0 N–H and O–H groups in total. The Kier molecular flexibility index (Phi) is 11.0. The van der Waals surface area contributed by atoms with Crippen molar-refractivity contribution in [2.24, 2.45) is 0 Å². The van der Waals surface area contributed by atoms with Crippen LogP contribution in [0.2, 0.25) is 11.6 Å². The van der Waals surface area contributed by atoms with Crippen LogP contribution in [-0.4, -0.2) is 6.71 Å². The fraction of sp³-hybridized carbons (Fsp3) is 0.800. The summed E-state index contributed by atoms with van der Waals surface area (Å²) in [5.41, 5.74) is 5.06. The first-order chi connectivity index (χ1) is 12.8. The predicted octanol–water partition coefficient (Wildman–Crippen LogP) is 8.15. The van der Waals surface area contributed by atoms with E-state index in [1.165, 1.54) is 108 Å². The van der Waals surface area contributed by atoms with E-state index in [4.69, 9.17) is 0 Å². The number of hydrogen-bond acceptors (Lipinski definition) is 0. The summed E-state index contributed by atoms with van der Waals surface area (Å²) in [6.07, 6.45) is 23.9. The van der Waals surface area contributed by atoms with Crippen molar-refractivity contribution in [2.75, 3.05) is 0 Å². The van der Waals surface area contributed by atoms with E-state index in [-0.39, 0.29) is 0 Å². The zero-order chi connectivity index (χ0) is 18.5. The third-order valence-electron chi connectivity index (χ3n) is 6.58. The second-order valence-corrected chi connectivity index (χ2v) is 8.71. The summed E-state index contributed by atoms with van der Waals surface area (Å²) in [6, 6.07) is 0. The highest BCUT2D eigenvalue weighted by Crippen LogP contribution is 2.41. The van der Waals surface area contributed by atoms with Gasteiger partial charge in [-0.25, -0.2) is 0 Å². The Morgan fingerprint density at radius 3 is 1.77 bits per heavy atom. The van der Waals surface area contributed by atoms with Gasteiger partial charge in [-0.3, -0.25) is 0 Å². The van der Waals surface area contributed by atoms with E-state index in [0.717, 1.165) is 11.6 Å². The predicted molar refractivity (Wildman–Crippen MR) is 118 cm³/mol. The normalized spacial score (nSPS) is 18.5. The van der Waals surface area contributed by atoms with E-state index in [1.54, 1.807) is 0 Å². The molecule has 0 nitrogen and oxygen atoms in total. The van der Waals surface area contributed by atoms with E-state index in [0.29, 0.717) is 6.71 Å². The molecule has 2 fully saturated rings. The summed E-state index contributed by atoms with van der Waals surface area (Å²) < 4.78 is 0. The third-order valence-corrected chi connectivity index (χ3v) is 6.58. The monoisotopic (exact) mass is 352 g/mol. The van der Waals surface area contributed by atoms with Gasteiger partial charge in [0, 0.05) is 6.08 Å². The summed E-state index contributed by atoms with van der Waals surface area (Å²) in [5.74, 6) is 8.95. The molecule has 2 rings (SSSR count). The minimum Gasteiger partial charge on any atom is -0.149 e. The van der Waals surface area contributed by atoms with Gasteiger partial charge in [-0.05, 0) is 42.9 Å². The number of hydrogen-bond donors (Lipinski definition) is 0. The number of allylic oxidation sites excluding steroid dienone is 1. The molecule has 0 spiro atoms. The minimum atomic E-state index is 0.656. The topological polar surface area (TPSA) is 0 Å². The molecule has 0 aromatic carbocycles. The van der Waals surface area contributed by atoms with Crippen molar-refractivity contribution in [2.45, 2.75) is 128 Å². The fourth-order valence-corrected chi connectivity index (χ4v) is 4.93. The average Bonchev–Trinajstić information content (AvgIpc) is 2.70. The molecule has 0 heterocycles. The highest BCUT2D eigenvalue weighted by Gasteiger charge is 2.33. The lowest BCUT2D eigenvalue weighted by atomic mass is 9.31. The van der Waals surface area contributed by atoms with Crippen LogP contribution in [0.15, 0.2) is 17.4 Å². The van der Waals surface area contributed by atoms with E-state index >= 15 is 0 Å². The number of unbranched alkanes of at least 4 members (excludes halogenated alkanes) is 2. The van der Waals surface area contributed by atoms with Gasteiger partial charge in [-0.2, -0.15) is 0 Å². The summed E-state index contributed by atoms with van der Waals surface area (Å²) in [5, 5.41) is 0. The Bertz CT molecular complexity index is 460. The van der Waals surface area contributed by atoms with Crippen LogP contribution in [0, 0.1) is 11.7 Å². The quantitative estimate of drug-likeness (QED) is 0.235. The molecule has 26 heavy (non-hydrogen) atoms. The first-order valence-electron chi connectivity index (χ1n) is 11.8. The Balaban J connectivity index is 2.06. The van der Waals surface area contributed by atoms with Crippen LogP contribution in [-0.2, 0) is 0 Å². The molecule has 0 aromatic rings. The van der Waals surface area contributed by atoms with Gasteiger partial charge in [0.15, 0.2) is 0 Å². The van der Waals surface area contributed by atoms with Crippen molar-refractivity contribution in [1.82, 2.24) is 0 Å². The van der Waals surface area contributed by atoms with Gasteiger partial charge in [-0.1, -0.05) is 96.8 Å². The Labute approximate surface area is 164 Å². The molecular weight excluding hydrogens is 311 g/mol. The van der Waals surface area contributed by atoms with Gasteiger partial charge in [0.25, 0.3) is 0 Å². The molecule has 0 unspecified atom stereocenters. The zero-order valence-corrected chi connectivity index (χ0v) is 17.6. The second kappa shape index (κ2) is 13.3. The van der Waals surface area contributed by atoms with Crippen LogP contribution in [0.25, 0.3) is 0 Å². The van der Waals surface area contributed by atoms with Crippen LogP contribution in [0.5, 0.6) is 0 Å². The maximum absolute atomic E-state index is 3.75. The van der Waals surface area contributed by atoms with Gasteiger partial charge >= 0.3 is 0 Å². The molecule has 1 heteroatoms. The van der Waals surface area contributed by atoms with E-state index in [9.17, 15) is 0 Å². The molecule has 0 aromatic heterocycles. The maximum Gasteiger partial charge on any atom is 0.238 e. The molecule has 144 valence electrons. The van der Waals surface area contributed by atoms with Crippen LogP contribution in [0.4, 0.5) is 0 Å². The Hall–Kier alpha value is -0.855. The van der Waals surface area contributed by atoms with Gasteiger partial charge in [-0.15, -0.1) is 11.6 Å². The summed E-state index contributed by atoms with van der Waals surface area (Å²) >= 11 is 0. The number of rotatable bonds is 8. The molecule has 2 aliphatic rings. The second-order valence-electron chi connectivity index (χ2n) is 8.71. The van der Waals surface area contributed by atoms with E-state index < -0.39 is 0 Å². The minimum absolute atomic E-state index is 0.656. The van der Waals surface area contributed by atoms with E-state index in [2.05, 4.69) is 37.4 Å². The van der Waals surface area contributed by atoms with Gasteiger partial charge < -0.3 is 0 Å². The summed E-state index contributed by atoms with van der Waals surface area (Å²) in [6.45, 7) is 5.21. The zero-order valence-electron chi connectivity index (χ0n) is 17.6. The highest BCUT2D eigenvalue weighted by atomic mass is 14.2. The van der Waals surface area contributed by atoms with Crippen LogP contribution >= 0.6 is 0 Å². The van der Waals surface area contributed by atoms with Crippen LogP contribution in [0.3, 0.4) is 0 Å². The van der Waals surface area contributed by atoms with Gasteiger partial charge in [0.05, 0.1) is 0 Å². The lowest BCUT2D eigenvalue weighted by Gasteiger charge is -2.32. The molecule has 2 saturated carbocycles. The molecule has 0 atom stereocenters. The molecule has 0 amide bonds. The van der Waals surface area contributed by atoms with Crippen molar-refractivity contribution >= 4 is 6.71 Å². The first kappa shape index (κ1) is 21.4. The molecular formula is C25H41B. The summed E-state index contributed by atoms with van der Waals surface area (Å²) in [4.78, 5) is 0. The van der Waals surface area contributed by atoms with Gasteiger partial charge in [0.2, 0.25) is 6.71 Å².